The Hall–Kier alpha value is -1.69. The van der Waals surface area contributed by atoms with Gasteiger partial charge in [-0.2, -0.15) is 0 Å². The number of amides is 1. The van der Waals surface area contributed by atoms with Gasteiger partial charge in [-0.3, -0.25) is 14.6 Å². The predicted molar refractivity (Wildman–Crippen MR) is 89.5 cm³/mol. The summed E-state index contributed by atoms with van der Waals surface area (Å²) in [5.41, 5.74) is 6.64. The number of carbonyl (C=O) groups excluding carboxylic acids is 1. The van der Waals surface area contributed by atoms with E-state index in [0.717, 1.165) is 38.3 Å². The van der Waals surface area contributed by atoms with Crippen LogP contribution in [0.3, 0.4) is 0 Å². The van der Waals surface area contributed by atoms with E-state index in [1.807, 2.05) is 30.3 Å². The fourth-order valence-electron chi connectivity index (χ4n) is 2.99. The summed E-state index contributed by atoms with van der Waals surface area (Å²) >= 11 is 1.80. The fraction of sp³-hybridized carbons (Fsp3) is 0.353. The zero-order valence-corrected chi connectivity index (χ0v) is 13.3. The highest BCUT2D eigenvalue weighted by Gasteiger charge is 2.28. The van der Waals surface area contributed by atoms with E-state index in [1.165, 1.54) is 4.88 Å². The predicted octanol–water partition coefficient (Wildman–Crippen LogP) is 2.09. The Balaban J connectivity index is 1.62. The second kappa shape index (κ2) is 7.05. The van der Waals surface area contributed by atoms with Gasteiger partial charge in [-0.1, -0.05) is 36.4 Å². The third-order valence-electron chi connectivity index (χ3n) is 4.12. The van der Waals surface area contributed by atoms with Crippen molar-refractivity contribution < 1.29 is 4.79 Å². The molecular weight excluding hydrogens is 294 g/mol. The monoisotopic (exact) mass is 315 g/mol. The van der Waals surface area contributed by atoms with Crippen molar-refractivity contribution in [1.82, 2.24) is 9.80 Å². The molecule has 1 saturated heterocycles. The van der Waals surface area contributed by atoms with Crippen molar-refractivity contribution in [1.29, 1.82) is 0 Å². The molecule has 2 heterocycles. The van der Waals surface area contributed by atoms with E-state index < -0.39 is 0 Å². The third-order valence-corrected chi connectivity index (χ3v) is 4.98. The van der Waals surface area contributed by atoms with E-state index in [4.69, 9.17) is 5.73 Å². The van der Waals surface area contributed by atoms with Gasteiger partial charge in [0.15, 0.2) is 0 Å². The smallest absolute Gasteiger partial charge is 0.239 e. The Morgan fingerprint density at radius 1 is 1.09 bits per heavy atom. The van der Waals surface area contributed by atoms with Crippen LogP contribution in [0.4, 0.5) is 0 Å². The molecule has 4 nitrogen and oxygen atoms in total. The molecule has 0 spiro atoms. The summed E-state index contributed by atoms with van der Waals surface area (Å²) < 4.78 is 0. The van der Waals surface area contributed by atoms with Gasteiger partial charge in [0.1, 0.15) is 6.04 Å². The van der Waals surface area contributed by atoms with Crippen molar-refractivity contribution >= 4 is 17.2 Å². The molecule has 1 atom stereocenters. The quantitative estimate of drug-likeness (QED) is 0.919. The lowest BCUT2D eigenvalue weighted by Crippen LogP contribution is -2.49. The van der Waals surface area contributed by atoms with Crippen molar-refractivity contribution in [3.63, 3.8) is 0 Å². The highest BCUT2D eigenvalue weighted by Crippen LogP contribution is 2.22. The van der Waals surface area contributed by atoms with Crippen LogP contribution < -0.4 is 5.73 Å². The number of piperazine rings is 1. The SMILES string of the molecule is NC(=O)C(c1ccccc1)N1CCN(Cc2cccs2)CC1. The number of hydrogen-bond donors (Lipinski definition) is 1. The van der Waals surface area contributed by atoms with Gasteiger partial charge in [-0.05, 0) is 17.0 Å². The van der Waals surface area contributed by atoms with E-state index in [9.17, 15) is 4.79 Å². The molecule has 1 aliphatic heterocycles. The number of hydrogen-bond acceptors (Lipinski definition) is 4. The number of benzene rings is 1. The highest BCUT2D eigenvalue weighted by atomic mass is 32.1. The second-order valence-corrected chi connectivity index (χ2v) is 6.64. The minimum absolute atomic E-state index is 0.266. The van der Waals surface area contributed by atoms with Crippen LogP contribution in [0.15, 0.2) is 47.8 Å². The molecule has 5 heteroatoms. The summed E-state index contributed by atoms with van der Waals surface area (Å²) in [4.78, 5) is 17.9. The summed E-state index contributed by atoms with van der Waals surface area (Å²) in [5, 5.41) is 2.12. The van der Waals surface area contributed by atoms with Crippen molar-refractivity contribution in [2.75, 3.05) is 26.2 Å². The summed E-state index contributed by atoms with van der Waals surface area (Å²) in [7, 11) is 0. The lowest BCUT2D eigenvalue weighted by Gasteiger charge is -2.38. The maximum Gasteiger partial charge on any atom is 0.239 e. The number of nitrogens with two attached hydrogens (primary N) is 1. The number of primary amides is 1. The average molecular weight is 315 g/mol. The minimum Gasteiger partial charge on any atom is -0.368 e. The van der Waals surface area contributed by atoms with Crippen LogP contribution in [0.5, 0.6) is 0 Å². The maximum atomic E-state index is 11.9. The standard InChI is InChI=1S/C17H21N3OS/c18-17(21)16(14-5-2-1-3-6-14)20-10-8-19(9-11-20)13-15-7-4-12-22-15/h1-7,12,16H,8-11,13H2,(H2,18,21). The van der Waals surface area contributed by atoms with Crippen molar-refractivity contribution in [2.45, 2.75) is 12.6 Å². The maximum absolute atomic E-state index is 11.9. The summed E-state index contributed by atoms with van der Waals surface area (Å²) in [6, 6.07) is 13.8. The first kappa shape index (κ1) is 15.2. The Morgan fingerprint density at radius 3 is 2.41 bits per heavy atom. The molecule has 2 aromatic rings. The first-order valence-electron chi connectivity index (χ1n) is 7.57. The molecule has 0 aliphatic carbocycles. The van der Waals surface area contributed by atoms with Crippen molar-refractivity contribution in [3.8, 4) is 0 Å². The normalized spacial score (nSPS) is 18.2. The third kappa shape index (κ3) is 3.55. The zero-order valence-electron chi connectivity index (χ0n) is 12.5. The van der Waals surface area contributed by atoms with E-state index in [0.29, 0.717) is 0 Å². The van der Waals surface area contributed by atoms with Crippen LogP contribution in [-0.2, 0) is 11.3 Å². The Bertz CT molecular complexity index is 592. The number of nitrogens with zero attached hydrogens (tertiary/aromatic N) is 2. The molecule has 1 fully saturated rings. The van der Waals surface area contributed by atoms with Gasteiger partial charge in [-0.25, -0.2) is 0 Å². The van der Waals surface area contributed by atoms with E-state index in [2.05, 4.69) is 27.3 Å². The second-order valence-electron chi connectivity index (χ2n) is 5.61. The van der Waals surface area contributed by atoms with Crippen LogP contribution in [0.25, 0.3) is 0 Å². The first-order chi connectivity index (χ1) is 10.7. The van der Waals surface area contributed by atoms with Crippen molar-refractivity contribution in [3.05, 3.63) is 58.3 Å². The summed E-state index contributed by atoms with van der Waals surface area (Å²) in [6.45, 7) is 4.67. The Labute approximate surface area is 135 Å². The molecule has 3 rings (SSSR count). The van der Waals surface area contributed by atoms with Crippen LogP contribution in [0, 0.1) is 0 Å². The first-order valence-corrected chi connectivity index (χ1v) is 8.45. The zero-order chi connectivity index (χ0) is 15.4. The van der Waals surface area contributed by atoms with Gasteiger partial charge in [0.25, 0.3) is 0 Å². The molecule has 0 radical (unpaired) electrons. The Kier molecular flexibility index (Phi) is 4.87. The highest BCUT2D eigenvalue weighted by molar-refractivity contribution is 7.09. The molecule has 1 amide bonds. The minimum atomic E-state index is -0.315. The summed E-state index contributed by atoms with van der Waals surface area (Å²) in [5.74, 6) is -0.266. The van der Waals surface area contributed by atoms with Gasteiger partial charge in [-0.15, -0.1) is 11.3 Å². The average Bonchev–Trinajstić information content (AvgIpc) is 3.03. The van der Waals surface area contributed by atoms with Crippen LogP contribution in [0.2, 0.25) is 0 Å². The Morgan fingerprint density at radius 2 is 1.82 bits per heavy atom. The van der Waals surface area contributed by atoms with Crippen LogP contribution in [-0.4, -0.2) is 41.9 Å². The van der Waals surface area contributed by atoms with Gasteiger partial charge in [0.05, 0.1) is 0 Å². The molecule has 1 aliphatic rings. The molecule has 1 unspecified atom stereocenters. The summed E-state index contributed by atoms with van der Waals surface area (Å²) in [6.07, 6.45) is 0. The van der Waals surface area contributed by atoms with Gasteiger partial charge in [0, 0.05) is 37.6 Å². The number of rotatable bonds is 5. The van der Waals surface area contributed by atoms with Crippen LogP contribution >= 0.6 is 11.3 Å². The fourth-order valence-corrected chi connectivity index (χ4v) is 3.74. The molecule has 2 N–H and O–H groups in total. The van der Waals surface area contributed by atoms with Gasteiger partial charge >= 0.3 is 0 Å². The number of thiophene rings is 1. The lowest BCUT2D eigenvalue weighted by molar-refractivity contribution is -0.124. The van der Waals surface area contributed by atoms with E-state index in [1.54, 1.807) is 11.3 Å². The largest absolute Gasteiger partial charge is 0.368 e. The molecule has 22 heavy (non-hydrogen) atoms. The van der Waals surface area contributed by atoms with Gasteiger partial charge < -0.3 is 5.73 Å². The molecule has 1 aromatic carbocycles. The number of carbonyl (C=O) groups is 1. The molecule has 0 saturated carbocycles. The van der Waals surface area contributed by atoms with Crippen LogP contribution in [0.1, 0.15) is 16.5 Å². The van der Waals surface area contributed by atoms with E-state index in [-0.39, 0.29) is 11.9 Å². The molecule has 116 valence electrons. The topological polar surface area (TPSA) is 49.6 Å². The van der Waals surface area contributed by atoms with Crippen molar-refractivity contribution in [2.24, 2.45) is 5.73 Å². The van der Waals surface area contributed by atoms with E-state index >= 15 is 0 Å². The van der Waals surface area contributed by atoms with Gasteiger partial charge in [0.2, 0.25) is 5.91 Å². The molecular formula is C17H21N3OS. The molecule has 0 bridgehead atoms. The lowest BCUT2D eigenvalue weighted by atomic mass is 10.0. The molecule has 1 aromatic heterocycles.